The molecule has 6 heteroatoms. The summed E-state index contributed by atoms with van der Waals surface area (Å²) in [5, 5.41) is 0. The van der Waals surface area contributed by atoms with Gasteiger partial charge in [-0.15, -0.1) is 13.2 Å². The van der Waals surface area contributed by atoms with Gasteiger partial charge in [0, 0.05) is 17.7 Å². The molecule has 0 unspecified atom stereocenters. The molecule has 20 heavy (non-hydrogen) atoms. The molecule has 0 aliphatic heterocycles. The first-order valence-corrected chi connectivity index (χ1v) is 5.75. The zero-order valence-electron chi connectivity index (χ0n) is 10.2. The van der Waals surface area contributed by atoms with Crippen molar-refractivity contribution in [3.63, 3.8) is 0 Å². The summed E-state index contributed by atoms with van der Waals surface area (Å²) in [6.07, 6.45) is -4.81. The molecule has 0 aliphatic rings. The molecule has 0 fully saturated rings. The maximum absolute atomic E-state index is 13.7. The van der Waals surface area contributed by atoms with Gasteiger partial charge in [-0.05, 0) is 17.7 Å². The van der Waals surface area contributed by atoms with E-state index in [9.17, 15) is 17.6 Å². The monoisotopic (exact) mass is 285 g/mol. The molecule has 0 radical (unpaired) electrons. The number of halogens is 4. The molecule has 0 heterocycles. The van der Waals surface area contributed by atoms with Crippen molar-refractivity contribution in [1.29, 1.82) is 0 Å². The second-order valence-corrected chi connectivity index (χ2v) is 4.01. The van der Waals surface area contributed by atoms with Crippen LogP contribution in [0.25, 0.3) is 11.1 Å². The maximum Gasteiger partial charge on any atom is 0.573 e. The van der Waals surface area contributed by atoms with E-state index in [4.69, 9.17) is 5.73 Å². The lowest BCUT2D eigenvalue weighted by atomic mass is 9.98. The van der Waals surface area contributed by atoms with E-state index < -0.39 is 12.2 Å². The Morgan fingerprint density at radius 3 is 2.25 bits per heavy atom. The average molecular weight is 285 g/mol. The van der Waals surface area contributed by atoms with Crippen molar-refractivity contribution in [3.05, 3.63) is 53.8 Å². The highest BCUT2D eigenvalue weighted by molar-refractivity contribution is 5.73. The number of hydrogen-bond acceptors (Lipinski definition) is 2. The van der Waals surface area contributed by atoms with Crippen LogP contribution in [0.5, 0.6) is 5.75 Å². The Balaban J connectivity index is 2.56. The Morgan fingerprint density at radius 1 is 0.950 bits per heavy atom. The van der Waals surface area contributed by atoms with Gasteiger partial charge in [-0.1, -0.05) is 30.3 Å². The molecule has 2 rings (SSSR count). The second kappa shape index (κ2) is 5.50. The average Bonchev–Trinajstić information content (AvgIpc) is 2.37. The lowest BCUT2D eigenvalue weighted by Gasteiger charge is -2.15. The lowest BCUT2D eigenvalue weighted by Crippen LogP contribution is -2.17. The smallest absolute Gasteiger partial charge is 0.405 e. The molecular weight excluding hydrogens is 274 g/mol. The van der Waals surface area contributed by atoms with Gasteiger partial charge in [0.05, 0.1) is 0 Å². The van der Waals surface area contributed by atoms with Crippen LogP contribution < -0.4 is 10.5 Å². The number of benzene rings is 2. The quantitative estimate of drug-likeness (QED) is 0.869. The van der Waals surface area contributed by atoms with Crippen LogP contribution in [0.15, 0.2) is 42.5 Å². The molecule has 0 saturated heterocycles. The predicted octanol–water partition coefficient (Wildman–Crippen LogP) is 3.85. The SMILES string of the molecule is NCc1c(F)cccc1-c1ccccc1OC(F)(F)F. The van der Waals surface area contributed by atoms with E-state index in [-0.39, 0.29) is 29.0 Å². The summed E-state index contributed by atoms with van der Waals surface area (Å²) in [6.45, 7) is -0.123. The van der Waals surface area contributed by atoms with Crippen LogP contribution in [0.2, 0.25) is 0 Å². The number of rotatable bonds is 3. The van der Waals surface area contributed by atoms with Crippen LogP contribution in [0.4, 0.5) is 17.6 Å². The molecule has 106 valence electrons. The van der Waals surface area contributed by atoms with E-state index in [0.717, 1.165) is 0 Å². The van der Waals surface area contributed by atoms with Gasteiger partial charge in [-0.3, -0.25) is 0 Å². The molecule has 2 N–H and O–H groups in total. The molecule has 0 spiro atoms. The Bertz CT molecular complexity index is 610. The standard InChI is InChI=1S/C14H11F4NO/c15-12-6-3-5-9(11(12)8-19)10-4-1-2-7-13(10)20-14(16,17)18/h1-7H,8,19H2. The lowest BCUT2D eigenvalue weighted by molar-refractivity contribution is -0.274. The fourth-order valence-corrected chi connectivity index (χ4v) is 1.92. The zero-order chi connectivity index (χ0) is 14.8. The third kappa shape index (κ3) is 3.08. The third-order valence-electron chi connectivity index (χ3n) is 2.73. The Kier molecular flexibility index (Phi) is 3.94. The first kappa shape index (κ1) is 14.3. The number of hydrogen-bond donors (Lipinski definition) is 1. The first-order valence-electron chi connectivity index (χ1n) is 5.75. The van der Waals surface area contributed by atoms with E-state index in [1.807, 2.05) is 0 Å². The molecule has 0 aromatic heterocycles. The highest BCUT2D eigenvalue weighted by atomic mass is 19.4. The van der Waals surface area contributed by atoms with E-state index in [1.165, 1.54) is 36.4 Å². The molecule has 2 nitrogen and oxygen atoms in total. The fourth-order valence-electron chi connectivity index (χ4n) is 1.92. The van der Waals surface area contributed by atoms with Gasteiger partial charge >= 0.3 is 6.36 Å². The zero-order valence-corrected chi connectivity index (χ0v) is 10.2. The highest BCUT2D eigenvalue weighted by Gasteiger charge is 2.32. The van der Waals surface area contributed by atoms with Crippen LogP contribution in [0.3, 0.4) is 0 Å². The van der Waals surface area contributed by atoms with Crippen molar-refractivity contribution in [3.8, 4) is 16.9 Å². The molecule has 0 bridgehead atoms. The number of alkyl halides is 3. The van der Waals surface area contributed by atoms with Crippen molar-refractivity contribution in [1.82, 2.24) is 0 Å². The van der Waals surface area contributed by atoms with Gasteiger partial charge in [-0.25, -0.2) is 4.39 Å². The van der Waals surface area contributed by atoms with Gasteiger partial charge in [0.1, 0.15) is 11.6 Å². The van der Waals surface area contributed by atoms with Crippen LogP contribution in [0, 0.1) is 5.82 Å². The fraction of sp³-hybridized carbons (Fsp3) is 0.143. The minimum atomic E-state index is -4.81. The first-order chi connectivity index (χ1) is 9.42. The maximum atomic E-state index is 13.7. The van der Waals surface area contributed by atoms with Crippen LogP contribution in [-0.4, -0.2) is 6.36 Å². The molecule has 2 aromatic rings. The van der Waals surface area contributed by atoms with Crippen molar-refractivity contribution < 1.29 is 22.3 Å². The van der Waals surface area contributed by atoms with E-state index in [2.05, 4.69) is 4.74 Å². The number of nitrogens with two attached hydrogens (primary N) is 1. The van der Waals surface area contributed by atoms with Gasteiger partial charge < -0.3 is 10.5 Å². The third-order valence-corrected chi connectivity index (χ3v) is 2.73. The summed E-state index contributed by atoms with van der Waals surface area (Å²) in [6, 6.07) is 9.68. The van der Waals surface area contributed by atoms with E-state index in [0.29, 0.717) is 0 Å². The topological polar surface area (TPSA) is 35.2 Å². The Morgan fingerprint density at radius 2 is 1.60 bits per heavy atom. The predicted molar refractivity (Wildman–Crippen MR) is 66.4 cm³/mol. The van der Waals surface area contributed by atoms with Crippen molar-refractivity contribution >= 4 is 0 Å². The summed E-state index contributed by atoms with van der Waals surface area (Å²) in [7, 11) is 0. The van der Waals surface area contributed by atoms with E-state index in [1.54, 1.807) is 6.07 Å². The largest absolute Gasteiger partial charge is 0.573 e. The second-order valence-electron chi connectivity index (χ2n) is 4.01. The van der Waals surface area contributed by atoms with Crippen molar-refractivity contribution in [2.75, 3.05) is 0 Å². The number of para-hydroxylation sites is 1. The summed E-state index contributed by atoms with van der Waals surface area (Å²) < 4.78 is 54.8. The van der Waals surface area contributed by atoms with Crippen LogP contribution in [0.1, 0.15) is 5.56 Å². The van der Waals surface area contributed by atoms with Crippen LogP contribution >= 0.6 is 0 Å². The molecule has 2 aromatic carbocycles. The minimum absolute atomic E-state index is 0.123. The highest BCUT2D eigenvalue weighted by Crippen LogP contribution is 2.35. The molecular formula is C14H11F4NO. The van der Waals surface area contributed by atoms with E-state index >= 15 is 0 Å². The Labute approximate surface area is 112 Å². The molecule has 0 amide bonds. The van der Waals surface area contributed by atoms with Crippen molar-refractivity contribution in [2.45, 2.75) is 12.9 Å². The normalized spacial score (nSPS) is 11.4. The molecule has 0 saturated carbocycles. The van der Waals surface area contributed by atoms with Crippen LogP contribution in [-0.2, 0) is 6.54 Å². The van der Waals surface area contributed by atoms with Gasteiger partial charge in [0.2, 0.25) is 0 Å². The Hall–Kier alpha value is -2.08. The van der Waals surface area contributed by atoms with Crippen molar-refractivity contribution in [2.24, 2.45) is 5.73 Å². The molecule has 0 atom stereocenters. The van der Waals surface area contributed by atoms with Gasteiger partial charge in [-0.2, -0.15) is 0 Å². The van der Waals surface area contributed by atoms with Gasteiger partial charge in [0.25, 0.3) is 0 Å². The number of ether oxygens (including phenoxy) is 1. The van der Waals surface area contributed by atoms with Gasteiger partial charge in [0.15, 0.2) is 0 Å². The summed E-state index contributed by atoms with van der Waals surface area (Å²) in [5.74, 6) is -0.952. The summed E-state index contributed by atoms with van der Waals surface area (Å²) in [4.78, 5) is 0. The summed E-state index contributed by atoms with van der Waals surface area (Å²) in [5.41, 5.74) is 6.04. The minimum Gasteiger partial charge on any atom is -0.405 e. The summed E-state index contributed by atoms with van der Waals surface area (Å²) >= 11 is 0. The molecule has 0 aliphatic carbocycles.